The monoisotopic (exact) mass is 386 g/mol. The van der Waals surface area contributed by atoms with Gasteiger partial charge in [-0.1, -0.05) is 36.4 Å². The molecular formula is C22H18N4O3. The Bertz CT molecular complexity index is 1090. The molecule has 1 saturated heterocycles. The summed E-state index contributed by atoms with van der Waals surface area (Å²) in [7, 11) is 0. The number of nitrogens with zero attached hydrogens (tertiary/aromatic N) is 2. The van der Waals surface area contributed by atoms with Crippen molar-refractivity contribution in [3.8, 4) is 5.69 Å². The van der Waals surface area contributed by atoms with E-state index in [0.29, 0.717) is 5.69 Å². The number of benzene rings is 2. The van der Waals surface area contributed by atoms with Gasteiger partial charge in [0, 0.05) is 23.8 Å². The zero-order chi connectivity index (χ0) is 20.2. The zero-order valence-electron chi connectivity index (χ0n) is 15.4. The van der Waals surface area contributed by atoms with Gasteiger partial charge in [0.05, 0.1) is 0 Å². The number of rotatable bonds is 5. The number of imide groups is 1. The highest BCUT2D eigenvalue weighted by Gasteiger charge is 2.34. The van der Waals surface area contributed by atoms with E-state index < -0.39 is 17.8 Å². The average Bonchev–Trinajstić information content (AvgIpc) is 3.30. The molecule has 1 fully saturated rings. The molecule has 0 spiro atoms. The molecule has 2 N–H and O–H groups in total. The lowest BCUT2D eigenvalue weighted by Gasteiger charge is -2.11. The minimum absolute atomic E-state index is 0.133. The highest BCUT2D eigenvalue weighted by Crippen LogP contribution is 2.17. The highest BCUT2D eigenvalue weighted by atomic mass is 16.2. The van der Waals surface area contributed by atoms with Crippen LogP contribution in [0.2, 0.25) is 0 Å². The van der Waals surface area contributed by atoms with E-state index in [9.17, 15) is 14.4 Å². The third-order valence-corrected chi connectivity index (χ3v) is 4.40. The first-order chi connectivity index (χ1) is 14.1. The number of carbonyl (C=O) groups is 3. The molecule has 4 amide bonds. The largest absolute Gasteiger partial charge is 0.329 e. The second kappa shape index (κ2) is 7.85. The van der Waals surface area contributed by atoms with Gasteiger partial charge in [-0.2, -0.15) is 0 Å². The van der Waals surface area contributed by atoms with E-state index in [-0.39, 0.29) is 12.2 Å². The van der Waals surface area contributed by atoms with Crippen LogP contribution in [0.4, 0.5) is 10.5 Å². The number of carbonyl (C=O) groups excluding carboxylic acids is 3. The first-order valence-corrected chi connectivity index (χ1v) is 9.03. The van der Waals surface area contributed by atoms with Crippen LogP contribution in [0.25, 0.3) is 11.8 Å². The molecule has 2 heterocycles. The smallest absolute Gasteiger partial charge is 0.325 e. The van der Waals surface area contributed by atoms with Crippen LogP contribution in [0.3, 0.4) is 0 Å². The van der Waals surface area contributed by atoms with Crippen molar-refractivity contribution in [3.05, 3.63) is 90.4 Å². The van der Waals surface area contributed by atoms with E-state index in [1.54, 1.807) is 30.3 Å². The second-order valence-electron chi connectivity index (χ2n) is 6.48. The van der Waals surface area contributed by atoms with Crippen LogP contribution in [0.5, 0.6) is 0 Å². The summed E-state index contributed by atoms with van der Waals surface area (Å²) in [5.41, 5.74) is 2.47. The van der Waals surface area contributed by atoms with Crippen molar-refractivity contribution in [2.75, 3.05) is 11.9 Å². The van der Waals surface area contributed by atoms with Gasteiger partial charge in [-0.3, -0.25) is 9.59 Å². The predicted octanol–water partition coefficient (Wildman–Crippen LogP) is 3.01. The molecule has 0 aliphatic carbocycles. The fourth-order valence-electron chi connectivity index (χ4n) is 3.01. The number of aromatic nitrogens is 1. The lowest BCUT2D eigenvalue weighted by molar-refractivity contribution is -0.127. The second-order valence-corrected chi connectivity index (χ2v) is 6.48. The van der Waals surface area contributed by atoms with Crippen LogP contribution in [0.15, 0.2) is 84.8 Å². The van der Waals surface area contributed by atoms with Crippen molar-refractivity contribution in [2.45, 2.75) is 0 Å². The Kier molecular flexibility index (Phi) is 4.94. The molecule has 1 aliphatic heterocycles. The normalized spacial score (nSPS) is 14.9. The Morgan fingerprint density at radius 2 is 1.66 bits per heavy atom. The van der Waals surface area contributed by atoms with Gasteiger partial charge in [0.2, 0.25) is 5.91 Å². The molecule has 3 aromatic rings. The van der Waals surface area contributed by atoms with Gasteiger partial charge in [-0.25, -0.2) is 9.69 Å². The summed E-state index contributed by atoms with van der Waals surface area (Å²) in [5.74, 6) is -0.984. The van der Waals surface area contributed by atoms with Gasteiger partial charge >= 0.3 is 6.03 Å². The molecular weight excluding hydrogens is 368 g/mol. The molecule has 29 heavy (non-hydrogen) atoms. The summed E-state index contributed by atoms with van der Waals surface area (Å²) in [6.45, 7) is -0.359. The van der Waals surface area contributed by atoms with Gasteiger partial charge in [0.15, 0.2) is 0 Å². The quantitative estimate of drug-likeness (QED) is 0.522. The summed E-state index contributed by atoms with van der Waals surface area (Å²) < 4.78 is 1.92. The number of hydrogen-bond donors (Lipinski definition) is 2. The van der Waals surface area contributed by atoms with Gasteiger partial charge in [-0.15, -0.1) is 0 Å². The van der Waals surface area contributed by atoms with Crippen molar-refractivity contribution >= 4 is 29.6 Å². The van der Waals surface area contributed by atoms with Crippen LogP contribution in [-0.2, 0) is 9.59 Å². The van der Waals surface area contributed by atoms with Crippen molar-refractivity contribution in [3.63, 3.8) is 0 Å². The summed E-state index contributed by atoms with van der Waals surface area (Å²) in [4.78, 5) is 37.8. The van der Waals surface area contributed by atoms with Crippen LogP contribution < -0.4 is 10.6 Å². The summed E-state index contributed by atoms with van der Waals surface area (Å²) >= 11 is 0. The van der Waals surface area contributed by atoms with Crippen molar-refractivity contribution in [2.24, 2.45) is 0 Å². The summed E-state index contributed by atoms with van der Waals surface area (Å²) in [5, 5.41) is 5.19. The average molecular weight is 386 g/mol. The van der Waals surface area contributed by atoms with E-state index in [2.05, 4.69) is 10.6 Å². The summed E-state index contributed by atoms with van der Waals surface area (Å²) in [6.07, 6.45) is 5.31. The maximum atomic E-state index is 12.6. The van der Waals surface area contributed by atoms with Crippen LogP contribution >= 0.6 is 0 Å². The Balaban J connectivity index is 1.45. The van der Waals surface area contributed by atoms with E-state index in [1.807, 2.05) is 59.4 Å². The number of anilines is 1. The molecule has 1 aromatic heterocycles. The Labute approximate surface area is 167 Å². The van der Waals surface area contributed by atoms with Gasteiger partial charge in [0.1, 0.15) is 12.2 Å². The molecule has 0 saturated carbocycles. The topological polar surface area (TPSA) is 83.4 Å². The van der Waals surface area contributed by atoms with Crippen molar-refractivity contribution in [1.82, 2.24) is 14.8 Å². The maximum absolute atomic E-state index is 12.6. The Morgan fingerprint density at radius 3 is 2.38 bits per heavy atom. The fraction of sp³-hybridized carbons (Fsp3) is 0.0455. The van der Waals surface area contributed by atoms with E-state index in [0.717, 1.165) is 16.2 Å². The van der Waals surface area contributed by atoms with Gasteiger partial charge < -0.3 is 15.2 Å². The minimum atomic E-state index is -0.619. The number of amides is 4. The molecule has 0 bridgehead atoms. The highest BCUT2D eigenvalue weighted by molar-refractivity contribution is 6.15. The number of urea groups is 1. The van der Waals surface area contributed by atoms with Crippen LogP contribution in [0, 0.1) is 0 Å². The maximum Gasteiger partial charge on any atom is 0.329 e. The molecule has 0 atom stereocenters. The van der Waals surface area contributed by atoms with Crippen molar-refractivity contribution < 1.29 is 14.4 Å². The number of para-hydroxylation sites is 2. The van der Waals surface area contributed by atoms with Crippen LogP contribution in [-0.4, -0.2) is 33.9 Å². The SMILES string of the molecule is O=C(CN1C(=O)N/C(=C/c2ccn(-c3ccccc3)c2)C1=O)Nc1ccccc1. The number of nitrogens with one attached hydrogen (secondary N) is 2. The lowest BCUT2D eigenvalue weighted by Crippen LogP contribution is -2.38. The lowest BCUT2D eigenvalue weighted by atomic mass is 10.2. The Hall–Kier alpha value is -4.13. The molecule has 7 nitrogen and oxygen atoms in total. The molecule has 1 aliphatic rings. The summed E-state index contributed by atoms with van der Waals surface area (Å²) in [6, 6.07) is 19.8. The standard InChI is InChI=1S/C22H18N4O3/c27-20(23-17-7-3-1-4-8-17)15-26-21(28)19(24-22(26)29)13-16-11-12-25(14-16)18-9-5-2-6-10-18/h1-14H,15H2,(H,23,27)(H,24,29)/b19-13+. The molecule has 7 heteroatoms. The van der Waals surface area contributed by atoms with Gasteiger partial charge in [-0.05, 0) is 42.0 Å². The fourth-order valence-corrected chi connectivity index (χ4v) is 3.01. The van der Waals surface area contributed by atoms with Crippen molar-refractivity contribution in [1.29, 1.82) is 0 Å². The Morgan fingerprint density at radius 1 is 0.966 bits per heavy atom. The van der Waals surface area contributed by atoms with Crippen LogP contribution in [0.1, 0.15) is 5.56 Å². The molecule has 0 radical (unpaired) electrons. The minimum Gasteiger partial charge on any atom is -0.325 e. The number of hydrogen-bond acceptors (Lipinski definition) is 3. The van der Waals surface area contributed by atoms with E-state index >= 15 is 0 Å². The van der Waals surface area contributed by atoms with E-state index in [4.69, 9.17) is 0 Å². The van der Waals surface area contributed by atoms with E-state index in [1.165, 1.54) is 0 Å². The molecule has 0 unspecified atom stereocenters. The molecule has 4 rings (SSSR count). The third-order valence-electron chi connectivity index (χ3n) is 4.40. The first kappa shape index (κ1) is 18.2. The van der Waals surface area contributed by atoms with Gasteiger partial charge in [0.25, 0.3) is 5.91 Å². The predicted molar refractivity (Wildman–Crippen MR) is 109 cm³/mol. The molecule has 2 aromatic carbocycles. The molecule has 144 valence electrons. The first-order valence-electron chi connectivity index (χ1n) is 9.03. The zero-order valence-corrected chi connectivity index (χ0v) is 15.4. The third kappa shape index (κ3) is 4.08.